The maximum Gasteiger partial charge on any atom is 0.307 e. The van der Waals surface area contributed by atoms with Crippen molar-refractivity contribution in [1.29, 1.82) is 0 Å². The number of hydrogen-bond donors (Lipinski definition) is 2. The van der Waals surface area contributed by atoms with Gasteiger partial charge in [-0.15, -0.1) is 0 Å². The quantitative estimate of drug-likeness (QED) is 0.501. The molecule has 2 aromatic rings. The third-order valence-electron chi connectivity index (χ3n) is 2.44. The standard InChI is InChI=1S/C12H7BrFNO4/c13-7-4-6(10(17)5-8(7)14)12(18)11-9(16)2-1-3-15(11)19/h1-5,16-17H. The molecule has 19 heavy (non-hydrogen) atoms. The van der Waals surface area contributed by atoms with Gasteiger partial charge in [0.2, 0.25) is 0 Å². The summed E-state index contributed by atoms with van der Waals surface area (Å²) in [6.45, 7) is 0. The Morgan fingerprint density at radius 2 is 2.00 bits per heavy atom. The molecule has 0 aliphatic rings. The molecule has 0 amide bonds. The minimum atomic E-state index is -0.911. The number of phenolic OH excluding ortho intramolecular Hbond substituents is 1. The van der Waals surface area contributed by atoms with Crippen molar-refractivity contribution in [2.75, 3.05) is 0 Å². The Labute approximate surface area is 115 Å². The van der Waals surface area contributed by atoms with Gasteiger partial charge in [-0.3, -0.25) is 4.79 Å². The molecule has 0 atom stereocenters. The molecule has 2 N–H and O–H groups in total. The fourth-order valence-electron chi connectivity index (χ4n) is 1.54. The second kappa shape index (κ2) is 4.85. The molecule has 0 radical (unpaired) electrons. The van der Waals surface area contributed by atoms with Gasteiger partial charge in [0.15, 0.2) is 11.9 Å². The number of aromatic hydroxyl groups is 2. The Balaban J connectivity index is 2.60. The van der Waals surface area contributed by atoms with Gasteiger partial charge in [0, 0.05) is 12.1 Å². The molecule has 1 aromatic heterocycles. The molecule has 0 saturated carbocycles. The first-order valence-electron chi connectivity index (χ1n) is 5.05. The van der Waals surface area contributed by atoms with Gasteiger partial charge >= 0.3 is 5.69 Å². The molecule has 5 nitrogen and oxygen atoms in total. The summed E-state index contributed by atoms with van der Waals surface area (Å²) in [7, 11) is 0. The van der Waals surface area contributed by atoms with Gasteiger partial charge in [0.1, 0.15) is 11.6 Å². The zero-order valence-corrected chi connectivity index (χ0v) is 10.9. The van der Waals surface area contributed by atoms with E-state index in [2.05, 4.69) is 15.9 Å². The lowest BCUT2D eigenvalue weighted by Crippen LogP contribution is -2.34. The van der Waals surface area contributed by atoms with Crippen LogP contribution in [0.4, 0.5) is 4.39 Å². The largest absolute Gasteiger partial charge is 0.618 e. The Morgan fingerprint density at radius 1 is 1.32 bits per heavy atom. The van der Waals surface area contributed by atoms with Crippen molar-refractivity contribution in [3.63, 3.8) is 0 Å². The maximum absolute atomic E-state index is 13.1. The monoisotopic (exact) mass is 327 g/mol. The minimum absolute atomic E-state index is 0.0403. The number of benzene rings is 1. The Bertz CT molecular complexity index is 655. The number of carbonyl (C=O) groups excluding carboxylic acids is 1. The topological polar surface area (TPSA) is 84.5 Å². The van der Waals surface area contributed by atoms with Gasteiger partial charge < -0.3 is 15.4 Å². The maximum atomic E-state index is 13.1. The molecule has 0 aliphatic carbocycles. The lowest BCUT2D eigenvalue weighted by atomic mass is 10.1. The summed E-state index contributed by atoms with van der Waals surface area (Å²) < 4.78 is 13.3. The van der Waals surface area contributed by atoms with Crippen LogP contribution in [0.3, 0.4) is 0 Å². The summed E-state index contributed by atoms with van der Waals surface area (Å²) in [6.07, 6.45) is 1.03. The van der Waals surface area contributed by atoms with Crippen LogP contribution >= 0.6 is 15.9 Å². The fourth-order valence-corrected chi connectivity index (χ4v) is 1.88. The molecule has 98 valence electrons. The molecular formula is C12H7BrFNO4. The number of carbonyl (C=O) groups is 1. The van der Waals surface area contributed by atoms with Crippen LogP contribution in [0.2, 0.25) is 0 Å². The highest BCUT2D eigenvalue weighted by Crippen LogP contribution is 2.28. The molecule has 0 aliphatic heterocycles. The molecule has 0 fully saturated rings. The predicted octanol–water partition coefficient (Wildman–Crippen LogP) is 1.86. The van der Waals surface area contributed by atoms with Crippen molar-refractivity contribution in [1.82, 2.24) is 0 Å². The van der Waals surface area contributed by atoms with Gasteiger partial charge in [-0.1, -0.05) is 0 Å². The van der Waals surface area contributed by atoms with E-state index in [4.69, 9.17) is 0 Å². The highest BCUT2D eigenvalue weighted by Gasteiger charge is 2.26. The van der Waals surface area contributed by atoms with Gasteiger partial charge in [-0.2, -0.15) is 4.73 Å². The first-order valence-corrected chi connectivity index (χ1v) is 5.85. The summed E-state index contributed by atoms with van der Waals surface area (Å²) in [4.78, 5) is 12.1. The van der Waals surface area contributed by atoms with Crippen LogP contribution in [-0.4, -0.2) is 16.0 Å². The third-order valence-corrected chi connectivity index (χ3v) is 3.04. The van der Waals surface area contributed by atoms with Crippen LogP contribution < -0.4 is 4.73 Å². The van der Waals surface area contributed by atoms with E-state index in [0.29, 0.717) is 0 Å². The van der Waals surface area contributed by atoms with E-state index < -0.39 is 28.8 Å². The van der Waals surface area contributed by atoms with Gasteiger partial charge in [0.05, 0.1) is 10.0 Å². The number of hydrogen-bond acceptors (Lipinski definition) is 4. The zero-order valence-electron chi connectivity index (χ0n) is 9.30. The number of rotatable bonds is 2. The molecule has 1 heterocycles. The van der Waals surface area contributed by atoms with Crippen molar-refractivity contribution in [2.24, 2.45) is 0 Å². The second-order valence-corrected chi connectivity index (χ2v) is 4.53. The molecule has 1 aromatic carbocycles. The van der Waals surface area contributed by atoms with Crippen LogP contribution in [0.5, 0.6) is 11.5 Å². The summed E-state index contributed by atoms with van der Waals surface area (Å²) in [6, 6.07) is 4.21. The SMILES string of the molecule is O=C(c1cc(Br)c(F)cc1O)c1c(O)ccc[n+]1[O-]. The van der Waals surface area contributed by atoms with Crippen molar-refractivity contribution in [3.8, 4) is 11.5 Å². The molecule has 2 rings (SSSR count). The number of ketones is 1. The zero-order chi connectivity index (χ0) is 14.2. The molecule has 0 spiro atoms. The molecule has 0 saturated heterocycles. The smallest absolute Gasteiger partial charge is 0.307 e. The minimum Gasteiger partial charge on any atom is -0.618 e. The van der Waals surface area contributed by atoms with Crippen molar-refractivity contribution in [2.45, 2.75) is 0 Å². The number of pyridine rings is 1. The van der Waals surface area contributed by atoms with Crippen LogP contribution in [0.15, 0.2) is 34.9 Å². The fraction of sp³-hybridized carbons (Fsp3) is 0. The van der Waals surface area contributed by atoms with E-state index in [9.17, 15) is 24.6 Å². The summed E-state index contributed by atoms with van der Waals surface area (Å²) in [5, 5.41) is 30.6. The van der Waals surface area contributed by atoms with Crippen molar-refractivity contribution < 1.29 is 24.1 Å². The number of aromatic nitrogens is 1. The number of halogens is 2. The van der Waals surface area contributed by atoms with Crippen molar-refractivity contribution in [3.05, 3.63) is 57.2 Å². The lowest BCUT2D eigenvalue weighted by molar-refractivity contribution is -0.608. The molecule has 7 heteroatoms. The molecular weight excluding hydrogens is 321 g/mol. The number of phenols is 1. The predicted molar refractivity (Wildman–Crippen MR) is 66.3 cm³/mol. The summed E-state index contributed by atoms with van der Waals surface area (Å²) >= 11 is 2.87. The Kier molecular flexibility index (Phi) is 3.39. The normalized spacial score (nSPS) is 10.4. The van der Waals surface area contributed by atoms with E-state index in [1.807, 2.05) is 0 Å². The lowest BCUT2D eigenvalue weighted by Gasteiger charge is -2.07. The van der Waals surface area contributed by atoms with Gasteiger partial charge in [0.25, 0.3) is 5.78 Å². The molecule has 0 bridgehead atoms. The third kappa shape index (κ3) is 2.37. The van der Waals surface area contributed by atoms with Crippen LogP contribution in [0.25, 0.3) is 0 Å². The van der Waals surface area contributed by atoms with Crippen LogP contribution in [0.1, 0.15) is 16.1 Å². The Hall–Kier alpha value is -2.15. The first-order chi connectivity index (χ1) is 8.91. The summed E-state index contributed by atoms with van der Waals surface area (Å²) in [5.41, 5.74) is -0.837. The van der Waals surface area contributed by atoms with Gasteiger partial charge in [-0.25, -0.2) is 4.39 Å². The average molecular weight is 328 g/mol. The first kappa shape index (κ1) is 13.3. The van der Waals surface area contributed by atoms with E-state index in [1.165, 1.54) is 6.07 Å². The average Bonchev–Trinajstić information content (AvgIpc) is 2.33. The Morgan fingerprint density at radius 3 is 2.63 bits per heavy atom. The van der Waals surface area contributed by atoms with E-state index in [-0.39, 0.29) is 14.8 Å². The van der Waals surface area contributed by atoms with E-state index >= 15 is 0 Å². The highest BCUT2D eigenvalue weighted by molar-refractivity contribution is 9.10. The summed E-state index contributed by atoms with van der Waals surface area (Å²) in [5.74, 6) is -2.80. The van der Waals surface area contributed by atoms with Crippen LogP contribution in [0, 0.1) is 11.0 Å². The van der Waals surface area contributed by atoms with E-state index in [1.54, 1.807) is 0 Å². The van der Waals surface area contributed by atoms with Gasteiger partial charge in [-0.05, 0) is 28.1 Å². The van der Waals surface area contributed by atoms with Crippen molar-refractivity contribution >= 4 is 21.7 Å². The second-order valence-electron chi connectivity index (χ2n) is 3.68. The molecule has 0 unspecified atom stereocenters. The van der Waals surface area contributed by atoms with E-state index in [0.717, 1.165) is 24.4 Å². The highest BCUT2D eigenvalue weighted by atomic mass is 79.9. The van der Waals surface area contributed by atoms with Crippen LogP contribution in [-0.2, 0) is 0 Å². The number of nitrogens with zero attached hydrogens (tertiary/aromatic N) is 1.